The fourth-order valence-electron chi connectivity index (χ4n) is 2.32. The molecule has 4 heteroatoms. The molecule has 0 unspecified atom stereocenters. The zero-order valence-electron chi connectivity index (χ0n) is 13.3. The Kier molecular flexibility index (Phi) is 5.31. The first-order chi connectivity index (χ1) is 10.8. The highest BCUT2D eigenvalue weighted by molar-refractivity contribution is 5.86. The SMILES string of the molecule is COC(=C(OC)c1cccc(OC)c1OC)c1ccccc1. The normalized spacial score (nSPS) is 11.5. The lowest BCUT2D eigenvalue weighted by Crippen LogP contribution is -2.01. The topological polar surface area (TPSA) is 36.9 Å². The van der Waals surface area contributed by atoms with E-state index in [0.717, 1.165) is 11.1 Å². The van der Waals surface area contributed by atoms with Crippen LogP contribution in [0.2, 0.25) is 0 Å². The second-order valence-corrected chi connectivity index (χ2v) is 4.47. The van der Waals surface area contributed by atoms with Gasteiger partial charge in [0.25, 0.3) is 0 Å². The van der Waals surface area contributed by atoms with Gasteiger partial charge < -0.3 is 18.9 Å². The summed E-state index contributed by atoms with van der Waals surface area (Å²) >= 11 is 0. The Morgan fingerprint density at radius 1 is 0.682 bits per heavy atom. The largest absolute Gasteiger partial charge is 0.493 e. The number of methoxy groups -OCH3 is 4. The highest BCUT2D eigenvalue weighted by Gasteiger charge is 2.19. The molecule has 0 N–H and O–H groups in total. The zero-order chi connectivity index (χ0) is 15.9. The molecular formula is C18H20O4. The van der Waals surface area contributed by atoms with Gasteiger partial charge in [-0.1, -0.05) is 36.4 Å². The molecule has 0 bridgehead atoms. The quantitative estimate of drug-likeness (QED) is 0.600. The summed E-state index contributed by atoms with van der Waals surface area (Å²) in [7, 11) is 6.43. The standard InChI is InChI=1S/C18H20O4/c1-19-15-12-8-11-14(17(15)21-3)18(22-4)16(20-2)13-9-6-5-7-10-13/h5-12H,1-4H3. The molecule has 0 heterocycles. The fraction of sp³-hybridized carbons (Fsp3) is 0.222. The van der Waals surface area contributed by atoms with Gasteiger partial charge in [-0.3, -0.25) is 0 Å². The lowest BCUT2D eigenvalue weighted by atomic mass is 10.1. The molecule has 0 atom stereocenters. The average Bonchev–Trinajstić information content (AvgIpc) is 2.59. The van der Waals surface area contributed by atoms with E-state index in [2.05, 4.69) is 0 Å². The molecule has 0 aliphatic heterocycles. The Balaban J connectivity index is 2.67. The van der Waals surface area contributed by atoms with Crippen LogP contribution in [0.15, 0.2) is 48.5 Å². The van der Waals surface area contributed by atoms with E-state index in [1.165, 1.54) is 0 Å². The van der Waals surface area contributed by atoms with Gasteiger partial charge in [0.15, 0.2) is 23.0 Å². The number of rotatable bonds is 6. The molecule has 0 aromatic heterocycles. The van der Waals surface area contributed by atoms with Gasteiger partial charge in [0.2, 0.25) is 0 Å². The van der Waals surface area contributed by atoms with Crippen molar-refractivity contribution in [1.82, 2.24) is 0 Å². The molecule has 0 saturated heterocycles. The molecule has 2 aromatic rings. The number of hydrogen-bond donors (Lipinski definition) is 0. The third kappa shape index (κ3) is 3.01. The highest BCUT2D eigenvalue weighted by Crippen LogP contribution is 2.38. The number of para-hydroxylation sites is 1. The fourth-order valence-corrected chi connectivity index (χ4v) is 2.32. The Labute approximate surface area is 130 Å². The van der Waals surface area contributed by atoms with Crippen LogP contribution in [0.1, 0.15) is 11.1 Å². The van der Waals surface area contributed by atoms with Crippen LogP contribution in [0.3, 0.4) is 0 Å². The maximum atomic E-state index is 5.60. The molecule has 0 fully saturated rings. The number of ether oxygens (including phenoxy) is 4. The van der Waals surface area contributed by atoms with Crippen LogP contribution in [0.25, 0.3) is 11.5 Å². The van der Waals surface area contributed by atoms with Gasteiger partial charge in [-0.25, -0.2) is 0 Å². The van der Waals surface area contributed by atoms with Crippen molar-refractivity contribution in [2.24, 2.45) is 0 Å². The van der Waals surface area contributed by atoms with E-state index in [4.69, 9.17) is 18.9 Å². The Morgan fingerprint density at radius 2 is 1.36 bits per heavy atom. The first kappa shape index (κ1) is 15.8. The van der Waals surface area contributed by atoms with Crippen LogP contribution >= 0.6 is 0 Å². The minimum absolute atomic E-state index is 0.587. The average molecular weight is 300 g/mol. The summed E-state index contributed by atoms with van der Waals surface area (Å²) in [5.41, 5.74) is 1.69. The van der Waals surface area contributed by atoms with Gasteiger partial charge in [0.1, 0.15) is 0 Å². The lowest BCUT2D eigenvalue weighted by Gasteiger charge is -2.17. The van der Waals surface area contributed by atoms with E-state index in [9.17, 15) is 0 Å². The van der Waals surface area contributed by atoms with Crippen molar-refractivity contribution >= 4 is 11.5 Å². The predicted molar refractivity (Wildman–Crippen MR) is 86.8 cm³/mol. The molecule has 22 heavy (non-hydrogen) atoms. The van der Waals surface area contributed by atoms with Gasteiger partial charge in [-0.2, -0.15) is 0 Å². The summed E-state index contributed by atoms with van der Waals surface area (Å²) in [6.07, 6.45) is 0. The Bertz CT molecular complexity index is 647. The van der Waals surface area contributed by atoms with E-state index in [1.807, 2.05) is 48.5 Å². The van der Waals surface area contributed by atoms with Crippen molar-refractivity contribution < 1.29 is 18.9 Å². The molecular weight excluding hydrogens is 280 g/mol. The monoisotopic (exact) mass is 300 g/mol. The van der Waals surface area contributed by atoms with Crippen LogP contribution in [-0.4, -0.2) is 28.4 Å². The van der Waals surface area contributed by atoms with Crippen LogP contribution in [0.4, 0.5) is 0 Å². The number of benzene rings is 2. The molecule has 0 amide bonds. The summed E-state index contributed by atoms with van der Waals surface area (Å²) in [6.45, 7) is 0. The summed E-state index contributed by atoms with van der Waals surface area (Å²) in [5.74, 6) is 2.46. The van der Waals surface area contributed by atoms with Crippen LogP contribution in [0.5, 0.6) is 11.5 Å². The van der Waals surface area contributed by atoms with Crippen LogP contribution in [0, 0.1) is 0 Å². The Hall–Kier alpha value is -2.62. The molecule has 0 spiro atoms. The number of hydrogen-bond acceptors (Lipinski definition) is 4. The molecule has 0 radical (unpaired) electrons. The molecule has 0 saturated carbocycles. The molecule has 116 valence electrons. The zero-order valence-corrected chi connectivity index (χ0v) is 13.3. The van der Waals surface area contributed by atoms with E-state index in [1.54, 1.807) is 28.4 Å². The van der Waals surface area contributed by atoms with E-state index in [-0.39, 0.29) is 0 Å². The van der Waals surface area contributed by atoms with Crippen molar-refractivity contribution in [3.05, 3.63) is 59.7 Å². The lowest BCUT2D eigenvalue weighted by molar-refractivity contribution is 0.321. The predicted octanol–water partition coefficient (Wildman–Crippen LogP) is 3.82. The second kappa shape index (κ2) is 7.41. The second-order valence-electron chi connectivity index (χ2n) is 4.47. The summed E-state index contributed by atoms with van der Waals surface area (Å²) in [4.78, 5) is 0. The van der Waals surface area contributed by atoms with Gasteiger partial charge in [-0.05, 0) is 12.1 Å². The first-order valence-electron chi connectivity index (χ1n) is 6.85. The van der Waals surface area contributed by atoms with Gasteiger partial charge in [-0.15, -0.1) is 0 Å². The van der Waals surface area contributed by atoms with Crippen molar-refractivity contribution in [3.8, 4) is 11.5 Å². The molecule has 2 rings (SSSR count). The van der Waals surface area contributed by atoms with Crippen molar-refractivity contribution in [1.29, 1.82) is 0 Å². The van der Waals surface area contributed by atoms with Crippen molar-refractivity contribution in [3.63, 3.8) is 0 Å². The third-order valence-electron chi connectivity index (χ3n) is 3.30. The van der Waals surface area contributed by atoms with E-state index in [0.29, 0.717) is 23.0 Å². The molecule has 4 nitrogen and oxygen atoms in total. The first-order valence-corrected chi connectivity index (χ1v) is 6.85. The highest BCUT2D eigenvalue weighted by atomic mass is 16.5. The Morgan fingerprint density at radius 3 is 1.91 bits per heavy atom. The van der Waals surface area contributed by atoms with Crippen molar-refractivity contribution in [2.75, 3.05) is 28.4 Å². The van der Waals surface area contributed by atoms with E-state index < -0.39 is 0 Å². The molecule has 0 aliphatic rings. The summed E-state index contributed by atoms with van der Waals surface area (Å²) in [6, 6.07) is 15.4. The third-order valence-corrected chi connectivity index (χ3v) is 3.30. The molecule has 0 aliphatic carbocycles. The maximum absolute atomic E-state index is 5.60. The molecule has 2 aromatic carbocycles. The minimum Gasteiger partial charge on any atom is -0.493 e. The minimum atomic E-state index is 0.587. The van der Waals surface area contributed by atoms with E-state index >= 15 is 0 Å². The van der Waals surface area contributed by atoms with Crippen molar-refractivity contribution in [2.45, 2.75) is 0 Å². The summed E-state index contributed by atoms with van der Waals surface area (Å²) in [5, 5.41) is 0. The van der Waals surface area contributed by atoms with Crippen LogP contribution in [-0.2, 0) is 9.47 Å². The maximum Gasteiger partial charge on any atom is 0.172 e. The summed E-state index contributed by atoms with van der Waals surface area (Å²) < 4.78 is 22.0. The van der Waals surface area contributed by atoms with Gasteiger partial charge >= 0.3 is 0 Å². The van der Waals surface area contributed by atoms with Gasteiger partial charge in [0.05, 0.1) is 34.0 Å². The van der Waals surface area contributed by atoms with Crippen LogP contribution < -0.4 is 9.47 Å². The smallest absolute Gasteiger partial charge is 0.172 e. The van der Waals surface area contributed by atoms with Gasteiger partial charge in [0, 0.05) is 5.56 Å².